The summed E-state index contributed by atoms with van der Waals surface area (Å²) >= 11 is 0. The molecule has 0 saturated heterocycles. The molecule has 0 heterocycles. The van der Waals surface area contributed by atoms with Gasteiger partial charge >= 0.3 is 0 Å². The van der Waals surface area contributed by atoms with Gasteiger partial charge in [-0.3, -0.25) is 9.79 Å². The van der Waals surface area contributed by atoms with Crippen LogP contribution in [0.5, 0.6) is 0 Å². The van der Waals surface area contributed by atoms with E-state index in [4.69, 9.17) is 0 Å². The van der Waals surface area contributed by atoms with Gasteiger partial charge in [-0.05, 0) is 40.5 Å². The molecule has 0 radical (unpaired) electrons. The Hall–Kier alpha value is -1.27. The lowest BCUT2D eigenvalue weighted by atomic mass is 10.3. The van der Waals surface area contributed by atoms with Crippen LogP contribution in [0.15, 0.2) is 9.98 Å². The Morgan fingerprint density at radius 2 is 2.17 bits per heavy atom. The molecule has 0 aliphatic carbocycles. The van der Waals surface area contributed by atoms with Crippen molar-refractivity contribution >= 4 is 18.0 Å². The van der Waals surface area contributed by atoms with E-state index >= 15 is 0 Å². The monoisotopic (exact) mass is 255 g/mol. The Kier molecular flexibility index (Phi) is 10.1. The van der Waals surface area contributed by atoms with E-state index in [0.29, 0.717) is 18.9 Å². The van der Waals surface area contributed by atoms with Crippen molar-refractivity contribution in [2.75, 3.05) is 40.4 Å². The summed E-state index contributed by atoms with van der Waals surface area (Å²) < 4.78 is 0. The number of carbonyl (C=O) groups is 1. The first-order valence-corrected chi connectivity index (χ1v) is 6.25. The van der Waals surface area contributed by atoms with E-state index in [0.717, 1.165) is 19.5 Å². The smallest absolute Gasteiger partial charge is 0.265 e. The van der Waals surface area contributed by atoms with Crippen LogP contribution in [0.2, 0.25) is 0 Å². The van der Waals surface area contributed by atoms with Crippen LogP contribution in [-0.2, 0) is 4.79 Å². The summed E-state index contributed by atoms with van der Waals surface area (Å²) in [5.41, 5.74) is 0.429. The normalized spacial score (nSPS) is 12.4. The average Bonchev–Trinajstić information content (AvgIpc) is 2.38. The maximum absolute atomic E-state index is 11.6. The van der Waals surface area contributed by atoms with Gasteiger partial charge in [-0.2, -0.15) is 0 Å². The van der Waals surface area contributed by atoms with Crippen molar-refractivity contribution < 1.29 is 4.79 Å². The maximum atomic E-state index is 11.6. The minimum Gasteiger partial charge on any atom is -0.351 e. The zero-order chi connectivity index (χ0) is 13.8. The van der Waals surface area contributed by atoms with Crippen LogP contribution in [-0.4, -0.2) is 63.3 Å². The highest BCUT2D eigenvalue weighted by Gasteiger charge is 2.03. The standard InChI is InChI=1S/C12H25N5O/c1-5-17(4)8-6-7-15-12(18)11(2)16-10-14-9-13-3/h10,13H,5-9H2,1-4H3,(H,15,18). The molecule has 6 nitrogen and oxygen atoms in total. The summed E-state index contributed by atoms with van der Waals surface area (Å²) in [5, 5.41) is 5.69. The lowest BCUT2D eigenvalue weighted by molar-refractivity contribution is -0.114. The first-order chi connectivity index (χ1) is 8.61. The van der Waals surface area contributed by atoms with Crippen LogP contribution in [0.1, 0.15) is 20.3 Å². The molecule has 6 heteroatoms. The molecule has 0 aromatic rings. The van der Waals surface area contributed by atoms with Gasteiger partial charge in [0.2, 0.25) is 0 Å². The van der Waals surface area contributed by atoms with Gasteiger partial charge in [0.25, 0.3) is 5.91 Å². The van der Waals surface area contributed by atoms with Crippen LogP contribution in [0.3, 0.4) is 0 Å². The van der Waals surface area contributed by atoms with Crippen molar-refractivity contribution in [1.29, 1.82) is 0 Å². The second-order valence-electron chi connectivity index (χ2n) is 4.03. The zero-order valence-electron chi connectivity index (χ0n) is 11.9. The van der Waals surface area contributed by atoms with Crippen LogP contribution in [0, 0.1) is 0 Å². The summed E-state index contributed by atoms with van der Waals surface area (Å²) in [5.74, 6) is -0.134. The van der Waals surface area contributed by atoms with E-state index in [1.54, 1.807) is 14.0 Å². The number of carbonyl (C=O) groups excluding carboxylic acids is 1. The maximum Gasteiger partial charge on any atom is 0.265 e. The summed E-state index contributed by atoms with van der Waals surface area (Å²) in [6.45, 7) is 6.97. The summed E-state index contributed by atoms with van der Waals surface area (Å²) in [6, 6.07) is 0. The van der Waals surface area contributed by atoms with E-state index < -0.39 is 0 Å². The molecule has 0 aliphatic rings. The molecule has 0 aliphatic heterocycles. The highest BCUT2D eigenvalue weighted by atomic mass is 16.1. The largest absolute Gasteiger partial charge is 0.351 e. The fourth-order valence-electron chi connectivity index (χ4n) is 1.16. The number of hydrogen-bond acceptors (Lipinski definition) is 4. The minimum absolute atomic E-state index is 0.134. The molecule has 104 valence electrons. The van der Waals surface area contributed by atoms with E-state index in [9.17, 15) is 4.79 Å². The Morgan fingerprint density at radius 1 is 1.44 bits per heavy atom. The molecule has 0 fully saturated rings. The third-order valence-electron chi connectivity index (χ3n) is 2.45. The summed E-state index contributed by atoms with van der Waals surface area (Å²) in [6.07, 6.45) is 2.34. The second kappa shape index (κ2) is 10.9. The van der Waals surface area contributed by atoms with E-state index in [1.165, 1.54) is 6.34 Å². The molecule has 0 bridgehead atoms. The molecule has 0 saturated carbocycles. The Labute approximate surface area is 110 Å². The number of nitrogens with zero attached hydrogens (tertiary/aromatic N) is 3. The van der Waals surface area contributed by atoms with Crippen molar-refractivity contribution in [2.24, 2.45) is 9.98 Å². The fraction of sp³-hybridized carbons (Fsp3) is 0.750. The Morgan fingerprint density at radius 3 is 2.78 bits per heavy atom. The fourth-order valence-corrected chi connectivity index (χ4v) is 1.16. The third-order valence-corrected chi connectivity index (χ3v) is 2.45. The van der Waals surface area contributed by atoms with Gasteiger partial charge in [0.15, 0.2) is 0 Å². The van der Waals surface area contributed by atoms with Crippen LogP contribution < -0.4 is 10.6 Å². The number of hydrogen-bond donors (Lipinski definition) is 2. The molecule has 0 aromatic carbocycles. The third kappa shape index (κ3) is 8.83. The average molecular weight is 255 g/mol. The van der Waals surface area contributed by atoms with Crippen molar-refractivity contribution in [3.63, 3.8) is 0 Å². The number of rotatable bonds is 9. The predicted octanol–water partition coefficient (Wildman–Crippen LogP) is 0.111. The van der Waals surface area contributed by atoms with Gasteiger partial charge in [-0.25, -0.2) is 4.99 Å². The van der Waals surface area contributed by atoms with Crippen molar-refractivity contribution in [3.8, 4) is 0 Å². The molecular formula is C12H25N5O. The number of aliphatic imine (C=N–C) groups is 2. The van der Waals surface area contributed by atoms with Crippen molar-refractivity contribution in [1.82, 2.24) is 15.5 Å². The molecular weight excluding hydrogens is 230 g/mol. The summed E-state index contributed by atoms with van der Waals surface area (Å²) in [4.78, 5) is 21.7. The zero-order valence-corrected chi connectivity index (χ0v) is 11.9. The first-order valence-electron chi connectivity index (χ1n) is 6.25. The van der Waals surface area contributed by atoms with E-state index in [-0.39, 0.29) is 5.91 Å². The molecule has 1 amide bonds. The van der Waals surface area contributed by atoms with Gasteiger partial charge in [-0.15, -0.1) is 0 Å². The SMILES string of the molecule is CCN(C)CCCNC(=O)C(C)=NC=NCNC. The van der Waals surface area contributed by atoms with E-state index in [2.05, 4.69) is 39.5 Å². The van der Waals surface area contributed by atoms with Crippen molar-refractivity contribution in [2.45, 2.75) is 20.3 Å². The molecule has 0 atom stereocenters. The number of nitrogens with one attached hydrogen (secondary N) is 2. The molecule has 0 rings (SSSR count). The van der Waals surface area contributed by atoms with Crippen LogP contribution in [0.25, 0.3) is 0 Å². The lowest BCUT2D eigenvalue weighted by Crippen LogP contribution is -2.32. The highest BCUT2D eigenvalue weighted by molar-refractivity contribution is 6.38. The van der Waals surface area contributed by atoms with Gasteiger partial charge in [0.05, 0.1) is 6.67 Å². The van der Waals surface area contributed by atoms with Gasteiger partial charge in [-0.1, -0.05) is 6.92 Å². The lowest BCUT2D eigenvalue weighted by Gasteiger charge is -2.13. The van der Waals surface area contributed by atoms with Gasteiger partial charge in [0.1, 0.15) is 12.1 Å². The minimum atomic E-state index is -0.134. The molecule has 0 spiro atoms. The van der Waals surface area contributed by atoms with Crippen molar-refractivity contribution in [3.05, 3.63) is 0 Å². The Bertz CT molecular complexity index is 288. The summed E-state index contributed by atoms with van der Waals surface area (Å²) in [7, 11) is 3.86. The topological polar surface area (TPSA) is 69.1 Å². The highest BCUT2D eigenvalue weighted by Crippen LogP contribution is 1.85. The Balaban J connectivity index is 3.80. The van der Waals surface area contributed by atoms with Crippen LogP contribution >= 0.6 is 0 Å². The first kappa shape index (κ1) is 16.7. The van der Waals surface area contributed by atoms with E-state index in [1.807, 2.05) is 0 Å². The molecule has 18 heavy (non-hydrogen) atoms. The van der Waals surface area contributed by atoms with Gasteiger partial charge in [0, 0.05) is 6.54 Å². The molecule has 2 N–H and O–H groups in total. The quantitative estimate of drug-likeness (QED) is 0.349. The van der Waals surface area contributed by atoms with Gasteiger partial charge < -0.3 is 15.5 Å². The second-order valence-corrected chi connectivity index (χ2v) is 4.03. The number of amides is 1. The predicted molar refractivity (Wildman–Crippen MR) is 76.3 cm³/mol. The molecule has 0 unspecified atom stereocenters. The molecule has 0 aromatic heterocycles. The van der Waals surface area contributed by atoms with Crippen LogP contribution in [0.4, 0.5) is 0 Å².